The van der Waals surface area contributed by atoms with Gasteiger partial charge in [-0.1, -0.05) is 69.2 Å². The third kappa shape index (κ3) is 13.0. The lowest BCUT2D eigenvalue weighted by atomic mass is 10.1. The highest BCUT2D eigenvalue weighted by atomic mass is 28.4. The Labute approximate surface area is 252 Å². The van der Waals surface area contributed by atoms with E-state index in [2.05, 4.69) is 109 Å². The van der Waals surface area contributed by atoms with Crippen molar-refractivity contribution in [2.45, 2.75) is 175 Å². The van der Waals surface area contributed by atoms with E-state index in [1.165, 1.54) is 6.08 Å². The van der Waals surface area contributed by atoms with E-state index >= 15 is 0 Å². The topological polar surface area (TPSA) is 54.0 Å². The highest BCUT2D eigenvalue weighted by Crippen LogP contribution is 2.41. The molecule has 8 heteroatoms. The Kier molecular flexibility index (Phi) is 13.4. The average Bonchev–Trinajstić information content (AvgIpc) is 2.65. The van der Waals surface area contributed by atoms with Gasteiger partial charge in [0.2, 0.25) is 16.6 Å². The fourth-order valence-electron chi connectivity index (χ4n) is 3.03. The largest absolute Gasteiger partial charge is 0.546 e. The summed E-state index contributed by atoms with van der Waals surface area (Å²) in [5.41, 5.74) is -0.588. The Bertz CT molecular complexity index is 889. The molecule has 0 radical (unpaired) electrons. The lowest BCUT2D eigenvalue weighted by Gasteiger charge is -2.40. The Balaban J connectivity index is 6.65. The van der Waals surface area contributed by atoms with Gasteiger partial charge in [-0.15, -0.1) is 0 Å². The Morgan fingerprint density at radius 1 is 0.675 bits per heavy atom. The summed E-state index contributed by atoms with van der Waals surface area (Å²) in [5, 5.41) is 0.152. The van der Waals surface area contributed by atoms with E-state index in [4.69, 9.17) is 18.0 Å². The molecule has 0 spiro atoms. The average molecular weight is 615 g/mol. The normalized spacial score (nSPS) is 16.1. The number of ether oxygens (including phenoxy) is 1. The molecule has 1 unspecified atom stereocenters. The molecule has 0 rings (SSSR count). The molecular formula is C32H66O5Si3. The molecule has 0 aromatic carbocycles. The molecule has 0 aromatic rings. The maximum absolute atomic E-state index is 13.0. The predicted octanol–water partition coefficient (Wildman–Crippen LogP) is 10.7. The maximum Gasteiger partial charge on any atom is 0.334 e. The van der Waals surface area contributed by atoms with Crippen molar-refractivity contribution in [3.8, 4) is 0 Å². The zero-order chi connectivity index (χ0) is 32.2. The number of esters is 1. The van der Waals surface area contributed by atoms with Crippen LogP contribution in [0.4, 0.5) is 0 Å². The second-order valence-corrected chi connectivity index (χ2v) is 31.1. The fourth-order valence-corrected chi connectivity index (χ4v) is 6.64. The van der Waals surface area contributed by atoms with E-state index < -0.39 is 36.5 Å². The van der Waals surface area contributed by atoms with E-state index in [0.29, 0.717) is 12.2 Å². The van der Waals surface area contributed by atoms with Gasteiger partial charge < -0.3 is 18.0 Å². The molecule has 0 fully saturated rings. The van der Waals surface area contributed by atoms with Crippen molar-refractivity contribution in [2.24, 2.45) is 0 Å². The van der Waals surface area contributed by atoms with Crippen LogP contribution in [0, 0.1) is 0 Å². The van der Waals surface area contributed by atoms with E-state index in [-0.39, 0.29) is 21.2 Å². The van der Waals surface area contributed by atoms with Crippen LogP contribution in [0.2, 0.25) is 54.4 Å². The second-order valence-electron chi connectivity index (χ2n) is 16.9. The molecule has 1 atom stereocenters. The van der Waals surface area contributed by atoms with Crippen LogP contribution in [0.25, 0.3) is 0 Å². The number of rotatable bonds is 12. The quantitative estimate of drug-likeness (QED) is 0.0719. The van der Waals surface area contributed by atoms with Crippen molar-refractivity contribution in [1.82, 2.24) is 0 Å². The number of carbonyl (C=O) groups is 1. The molecular weight excluding hydrogens is 549 g/mol. The summed E-state index contributed by atoms with van der Waals surface area (Å²) in [4.78, 5) is 13.0. The van der Waals surface area contributed by atoms with Crippen LogP contribution in [-0.4, -0.2) is 42.6 Å². The standard InChI is InChI=1S/C32H66O5Si3/c1-20-25(35-38(14,15)30(5,6)7)21-22-26(36-39(16,17)31(8,9)10)23-27(24-28(33)34-29(2,3)4)37-40(18,19)32(11,12)13/h23-25H,20-22H2,1-19H3/b26-23+,27-24+. The van der Waals surface area contributed by atoms with Gasteiger partial charge in [-0.25, -0.2) is 4.79 Å². The molecule has 0 N–H and O–H groups in total. The van der Waals surface area contributed by atoms with E-state index in [0.717, 1.165) is 18.6 Å². The first-order chi connectivity index (χ1) is 17.4. The maximum atomic E-state index is 13.0. The third-order valence-electron chi connectivity index (χ3n) is 8.78. The summed E-state index contributed by atoms with van der Waals surface area (Å²) in [7, 11) is -6.31. The molecule has 0 heterocycles. The van der Waals surface area contributed by atoms with Gasteiger partial charge in [-0.2, -0.15) is 0 Å². The van der Waals surface area contributed by atoms with Gasteiger partial charge in [-0.3, -0.25) is 0 Å². The highest BCUT2D eigenvalue weighted by molar-refractivity contribution is 6.75. The third-order valence-corrected chi connectivity index (χ3v) is 22.1. The summed E-state index contributed by atoms with van der Waals surface area (Å²) in [6, 6.07) is 0. The second kappa shape index (κ2) is 13.6. The molecule has 0 aliphatic rings. The van der Waals surface area contributed by atoms with Crippen LogP contribution < -0.4 is 0 Å². The van der Waals surface area contributed by atoms with Crippen molar-refractivity contribution in [3.63, 3.8) is 0 Å². The number of hydrogen-bond donors (Lipinski definition) is 0. The van der Waals surface area contributed by atoms with Crippen LogP contribution in [-0.2, 0) is 22.8 Å². The minimum Gasteiger partial charge on any atom is -0.546 e. The molecule has 0 bridgehead atoms. The molecule has 0 aliphatic heterocycles. The van der Waals surface area contributed by atoms with Gasteiger partial charge in [0.15, 0.2) is 8.32 Å². The van der Waals surface area contributed by atoms with Crippen molar-refractivity contribution >= 4 is 30.9 Å². The van der Waals surface area contributed by atoms with Crippen LogP contribution >= 0.6 is 0 Å². The number of carbonyl (C=O) groups excluding carboxylic acids is 1. The van der Waals surface area contributed by atoms with Crippen LogP contribution in [0.3, 0.4) is 0 Å². The Hall–Kier alpha value is -0.839. The van der Waals surface area contributed by atoms with Crippen LogP contribution in [0.15, 0.2) is 23.7 Å². The van der Waals surface area contributed by atoms with Crippen molar-refractivity contribution < 1.29 is 22.8 Å². The first kappa shape index (κ1) is 39.2. The lowest BCUT2D eigenvalue weighted by Crippen LogP contribution is -2.44. The van der Waals surface area contributed by atoms with E-state index in [1.807, 2.05) is 26.8 Å². The number of hydrogen-bond acceptors (Lipinski definition) is 5. The molecule has 5 nitrogen and oxygen atoms in total. The monoisotopic (exact) mass is 614 g/mol. The summed E-state index contributed by atoms with van der Waals surface area (Å²) < 4.78 is 26.1. The number of allylic oxidation sites excluding steroid dienone is 2. The first-order valence-corrected chi connectivity index (χ1v) is 23.9. The molecule has 0 saturated carbocycles. The smallest absolute Gasteiger partial charge is 0.334 e. The van der Waals surface area contributed by atoms with Crippen LogP contribution in [0.5, 0.6) is 0 Å². The zero-order valence-corrected chi connectivity index (χ0v) is 32.9. The van der Waals surface area contributed by atoms with Gasteiger partial charge in [0.25, 0.3) is 0 Å². The minimum absolute atomic E-state index is 0.0291. The molecule has 40 heavy (non-hydrogen) atoms. The summed E-state index contributed by atoms with van der Waals surface area (Å²) in [5.74, 6) is 0.974. The highest BCUT2D eigenvalue weighted by Gasteiger charge is 2.42. The summed E-state index contributed by atoms with van der Waals surface area (Å²) in [6.45, 7) is 41.5. The van der Waals surface area contributed by atoms with E-state index in [1.54, 1.807) is 0 Å². The van der Waals surface area contributed by atoms with Gasteiger partial charge in [0.1, 0.15) is 11.4 Å². The molecule has 236 valence electrons. The summed E-state index contributed by atoms with van der Waals surface area (Å²) in [6.07, 6.45) is 6.12. The van der Waals surface area contributed by atoms with Gasteiger partial charge in [0.05, 0.1) is 11.8 Å². The fraction of sp³-hybridized carbons (Fsp3) is 0.844. The zero-order valence-electron chi connectivity index (χ0n) is 29.9. The lowest BCUT2D eigenvalue weighted by molar-refractivity contribution is -0.148. The van der Waals surface area contributed by atoms with Crippen molar-refractivity contribution in [2.75, 3.05) is 0 Å². The summed E-state index contributed by atoms with van der Waals surface area (Å²) >= 11 is 0. The van der Waals surface area contributed by atoms with Gasteiger partial charge in [0, 0.05) is 18.6 Å². The molecule has 0 aliphatic carbocycles. The molecule has 0 amide bonds. The van der Waals surface area contributed by atoms with Gasteiger partial charge in [-0.05, 0) is 88.0 Å². The molecule has 0 saturated heterocycles. The molecule has 0 aromatic heterocycles. The first-order valence-electron chi connectivity index (χ1n) is 15.2. The van der Waals surface area contributed by atoms with Crippen LogP contribution in [0.1, 0.15) is 109 Å². The Morgan fingerprint density at radius 3 is 1.48 bits per heavy atom. The predicted molar refractivity (Wildman–Crippen MR) is 180 cm³/mol. The van der Waals surface area contributed by atoms with E-state index in [9.17, 15) is 4.79 Å². The van der Waals surface area contributed by atoms with Crippen molar-refractivity contribution in [3.05, 3.63) is 23.7 Å². The van der Waals surface area contributed by atoms with Crippen molar-refractivity contribution in [1.29, 1.82) is 0 Å². The van der Waals surface area contributed by atoms with Gasteiger partial charge >= 0.3 is 5.97 Å². The minimum atomic E-state index is -2.24. The Morgan fingerprint density at radius 2 is 1.10 bits per heavy atom. The SMILES string of the molecule is CCC(CC/C(=C\C(=C/C(=O)OC(C)(C)C)O[Si](C)(C)C(C)(C)C)O[Si](C)(C)C(C)(C)C)O[Si](C)(C)C(C)(C)C.